The highest BCUT2D eigenvalue weighted by Gasteiger charge is 2.61. The number of β-amino-alcohol motifs (C(OH)–C–C–N with tert-alkyl or cyclic N) is 1. The number of para-hydroxylation sites is 1. The molecule has 2 fully saturated rings. The van der Waals surface area contributed by atoms with E-state index in [4.69, 9.17) is 15.2 Å². The molecule has 0 aliphatic carbocycles. The van der Waals surface area contributed by atoms with E-state index < -0.39 is 95.8 Å². The van der Waals surface area contributed by atoms with Gasteiger partial charge in [0.05, 0.1) is 18.8 Å². The van der Waals surface area contributed by atoms with Gasteiger partial charge in [-0.15, -0.1) is 0 Å². The molecule has 19 heteroatoms. The number of hydrogen-bond donors (Lipinski definition) is 9. The lowest BCUT2D eigenvalue weighted by molar-refractivity contribution is -0.167. The second kappa shape index (κ2) is 17.0. The van der Waals surface area contributed by atoms with Crippen LogP contribution in [-0.2, 0) is 43.8 Å². The molecule has 288 valence electrons. The second-order valence-electron chi connectivity index (χ2n) is 13.7. The molecule has 3 aliphatic heterocycles. The Morgan fingerprint density at radius 2 is 1.79 bits per heavy atom. The molecule has 5 amide bonds. The number of anilines is 1. The Labute approximate surface area is 300 Å². The van der Waals surface area contributed by atoms with E-state index in [1.807, 2.05) is 0 Å². The first kappa shape index (κ1) is 40.4. The summed E-state index contributed by atoms with van der Waals surface area (Å²) < 4.78 is 10.6. The van der Waals surface area contributed by atoms with Crippen LogP contribution >= 0.6 is 0 Å². The van der Waals surface area contributed by atoms with Crippen LogP contribution in [0, 0.1) is 5.92 Å². The number of benzene rings is 1. The quantitative estimate of drug-likeness (QED) is 0.0621. The second-order valence-corrected chi connectivity index (χ2v) is 13.7. The van der Waals surface area contributed by atoms with E-state index in [9.17, 15) is 44.1 Å². The van der Waals surface area contributed by atoms with Crippen LogP contribution in [0.2, 0.25) is 0 Å². The Balaban J connectivity index is 1.62. The SMILES string of the molecule is COC[C@H](NC=O)C(=O)N[C@@H](C(=O)N1[C@H](C(=O)N[C@@H](C(=O)O[C@H](C(=O)N2CC[C@@H](O)CN2)C(C)N)C(C)C)C[C@@]2(O)c3ccccc3N[C@@H]12)[C@H](C)O. The molecule has 0 spiro atoms. The van der Waals surface area contributed by atoms with Crippen molar-refractivity contribution >= 4 is 41.7 Å². The Hall–Kier alpha value is -4.40. The zero-order chi connectivity index (χ0) is 38.5. The van der Waals surface area contributed by atoms with Crippen molar-refractivity contribution in [1.82, 2.24) is 31.3 Å². The van der Waals surface area contributed by atoms with Gasteiger partial charge in [-0.3, -0.25) is 29.0 Å². The van der Waals surface area contributed by atoms with Crippen molar-refractivity contribution in [2.24, 2.45) is 11.7 Å². The predicted octanol–water partition coefficient (Wildman–Crippen LogP) is -3.65. The Morgan fingerprint density at radius 1 is 1.10 bits per heavy atom. The Morgan fingerprint density at radius 3 is 2.37 bits per heavy atom. The van der Waals surface area contributed by atoms with Gasteiger partial charge in [0.1, 0.15) is 35.9 Å². The first-order chi connectivity index (χ1) is 24.5. The zero-order valence-corrected chi connectivity index (χ0v) is 29.8. The maximum Gasteiger partial charge on any atom is 0.329 e. The van der Waals surface area contributed by atoms with Gasteiger partial charge in [0.25, 0.3) is 5.91 Å². The van der Waals surface area contributed by atoms with Gasteiger partial charge < -0.3 is 56.7 Å². The van der Waals surface area contributed by atoms with Crippen molar-refractivity contribution in [3.8, 4) is 0 Å². The van der Waals surface area contributed by atoms with E-state index in [2.05, 4.69) is 26.7 Å². The molecule has 3 heterocycles. The van der Waals surface area contributed by atoms with E-state index >= 15 is 0 Å². The van der Waals surface area contributed by atoms with E-state index in [1.54, 1.807) is 38.1 Å². The van der Waals surface area contributed by atoms with Crippen LogP contribution in [0.1, 0.15) is 46.1 Å². The normalized spacial score (nSPS) is 25.7. The van der Waals surface area contributed by atoms with Crippen molar-refractivity contribution in [3.63, 3.8) is 0 Å². The third kappa shape index (κ3) is 8.45. The topological polar surface area (TPSA) is 274 Å². The summed E-state index contributed by atoms with van der Waals surface area (Å²) in [6.07, 6.45) is -4.61. The number of fused-ring (bicyclic) bond motifs is 3. The molecule has 0 bridgehead atoms. The van der Waals surface area contributed by atoms with Crippen molar-refractivity contribution in [1.29, 1.82) is 0 Å². The highest BCUT2D eigenvalue weighted by molar-refractivity contribution is 5.96. The highest BCUT2D eigenvalue weighted by atomic mass is 16.6. The van der Waals surface area contributed by atoms with Crippen molar-refractivity contribution < 1.29 is 53.6 Å². The van der Waals surface area contributed by atoms with Crippen LogP contribution in [0.15, 0.2) is 24.3 Å². The van der Waals surface area contributed by atoms with E-state index in [-0.39, 0.29) is 32.5 Å². The number of nitrogens with one attached hydrogen (secondary N) is 5. The smallest absolute Gasteiger partial charge is 0.329 e. The molecular weight excluding hydrogens is 684 g/mol. The van der Waals surface area contributed by atoms with Gasteiger partial charge >= 0.3 is 5.97 Å². The molecule has 1 aromatic carbocycles. The lowest BCUT2D eigenvalue weighted by atomic mass is 9.91. The third-order valence-corrected chi connectivity index (χ3v) is 9.43. The summed E-state index contributed by atoms with van der Waals surface area (Å²) in [6, 6.07) is 0.0858. The molecule has 4 rings (SSSR count). The zero-order valence-electron chi connectivity index (χ0n) is 29.8. The van der Waals surface area contributed by atoms with Gasteiger partial charge in [-0.25, -0.2) is 10.2 Å². The van der Waals surface area contributed by atoms with Crippen molar-refractivity contribution in [2.75, 3.05) is 32.1 Å². The fourth-order valence-corrected chi connectivity index (χ4v) is 6.59. The molecular formula is C33H50N8O11. The van der Waals surface area contributed by atoms with Gasteiger partial charge in [-0.2, -0.15) is 0 Å². The molecule has 0 radical (unpaired) electrons. The molecule has 52 heavy (non-hydrogen) atoms. The molecule has 1 unspecified atom stereocenters. The number of likely N-dealkylation sites (tertiary alicyclic amines) is 1. The number of carbonyl (C=O) groups is 6. The molecule has 3 aliphatic rings. The number of methoxy groups -OCH3 is 1. The van der Waals surface area contributed by atoms with Crippen LogP contribution in [-0.4, -0.2) is 143 Å². The Kier molecular flexibility index (Phi) is 13.2. The molecule has 0 aromatic heterocycles. The number of carbonyl (C=O) groups excluding carboxylic acids is 6. The molecule has 10 atom stereocenters. The maximum absolute atomic E-state index is 14.4. The number of nitrogens with two attached hydrogens (primary N) is 1. The van der Waals surface area contributed by atoms with Crippen LogP contribution in [0.25, 0.3) is 0 Å². The third-order valence-electron chi connectivity index (χ3n) is 9.43. The number of hydrazine groups is 1. The number of aliphatic hydroxyl groups is 3. The number of hydrogen-bond acceptors (Lipinski definition) is 14. The first-order valence-corrected chi connectivity index (χ1v) is 17.1. The van der Waals surface area contributed by atoms with Gasteiger partial charge in [0.2, 0.25) is 24.1 Å². The minimum atomic E-state index is -1.81. The summed E-state index contributed by atoms with van der Waals surface area (Å²) >= 11 is 0. The molecule has 2 saturated heterocycles. The Bertz CT molecular complexity index is 1490. The fourth-order valence-electron chi connectivity index (χ4n) is 6.59. The first-order valence-electron chi connectivity index (χ1n) is 17.1. The monoisotopic (exact) mass is 734 g/mol. The number of esters is 1. The van der Waals surface area contributed by atoms with Crippen LogP contribution in [0.3, 0.4) is 0 Å². The van der Waals surface area contributed by atoms with E-state index in [0.29, 0.717) is 17.7 Å². The van der Waals surface area contributed by atoms with Crippen molar-refractivity contribution in [2.45, 2.75) is 101 Å². The summed E-state index contributed by atoms with van der Waals surface area (Å²) in [6.45, 7) is 5.99. The summed E-state index contributed by atoms with van der Waals surface area (Å²) in [5.41, 5.74) is 7.90. The maximum atomic E-state index is 14.4. The van der Waals surface area contributed by atoms with Gasteiger partial charge in [0, 0.05) is 43.9 Å². The number of rotatable bonds is 15. The minimum Gasteiger partial charge on any atom is -0.449 e. The minimum absolute atomic E-state index is 0.113. The number of nitrogens with zero attached hydrogens (tertiary/aromatic N) is 2. The van der Waals surface area contributed by atoms with Crippen LogP contribution in [0.5, 0.6) is 0 Å². The van der Waals surface area contributed by atoms with Gasteiger partial charge in [0.15, 0.2) is 6.10 Å². The molecule has 1 aromatic rings. The predicted molar refractivity (Wildman–Crippen MR) is 182 cm³/mol. The largest absolute Gasteiger partial charge is 0.449 e. The average Bonchev–Trinajstić information content (AvgIpc) is 3.55. The fraction of sp³-hybridized carbons (Fsp3) is 0.636. The van der Waals surface area contributed by atoms with Gasteiger partial charge in [-0.1, -0.05) is 32.0 Å². The number of aliphatic hydroxyl groups excluding tert-OH is 2. The lowest BCUT2D eigenvalue weighted by Gasteiger charge is -2.36. The summed E-state index contributed by atoms with van der Waals surface area (Å²) in [7, 11) is 1.30. The average molecular weight is 735 g/mol. The number of amides is 5. The molecule has 19 nitrogen and oxygen atoms in total. The highest BCUT2D eigenvalue weighted by Crippen LogP contribution is 2.49. The lowest BCUT2D eigenvalue weighted by Crippen LogP contribution is -2.63. The van der Waals surface area contributed by atoms with Crippen LogP contribution in [0.4, 0.5) is 5.69 Å². The summed E-state index contributed by atoms with van der Waals surface area (Å²) in [5.74, 6) is -4.88. The van der Waals surface area contributed by atoms with Gasteiger partial charge in [-0.05, 0) is 32.3 Å². The van der Waals surface area contributed by atoms with E-state index in [0.717, 1.165) is 4.90 Å². The summed E-state index contributed by atoms with van der Waals surface area (Å²) in [4.78, 5) is 80.7. The number of ether oxygens (including phenoxy) is 2. The standard InChI is InChI=1S/C33H50N8O11/c1-16(2)24(31(49)52-26(17(3)34)30(48)40-11-10-19(44)13-36-40)38-28(46)23-12-33(50)20-8-6-7-9-21(20)37-32(33)41(23)29(47)25(18(4)43)39-27(45)22(14-51-5)35-15-42/h6-9,15-19,22-26,32,36-37,43-44,50H,10-14,34H2,1-5H3,(H,35,42)(H,38,46)(H,39,45)/t17?,18-,19+,22-,23-,24+,25+,26-,32-,33+/m0/s1. The van der Waals surface area contributed by atoms with Crippen molar-refractivity contribution in [3.05, 3.63) is 29.8 Å². The molecule has 10 N–H and O–H groups in total. The molecule has 0 saturated carbocycles. The summed E-state index contributed by atoms with van der Waals surface area (Å²) in [5, 5.41) is 44.2. The van der Waals surface area contributed by atoms with E-state index in [1.165, 1.54) is 26.0 Å². The van der Waals surface area contributed by atoms with Crippen LogP contribution < -0.4 is 32.4 Å².